The molecule has 2 aromatic carbocycles. The van der Waals surface area contributed by atoms with Crippen LogP contribution >= 0.6 is 0 Å². The monoisotopic (exact) mass is 301 g/mol. The predicted octanol–water partition coefficient (Wildman–Crippen LogP) is 4.48. The van der Waals surface area contributed by atoms with Gasteiger partial charge in [0.2, 0.25) is 0 Å². The SMILES string of the molecule is O=C(c1ccccc1C(F)(F)F)c1cncc2ccccc12. The number of carbonyl (C=O) groups is 1. The van der Waals surface area contributed by atoms with E-state index in [1.54, 1.807) is 30.5 Å². The van der Waals surface area contributed by atoms with Crippen molar-refractivity contribution in [1.82, 2.24) is 4.98 Å². The van der Waals surface area contributed by atoms with E-state index in [1.807, 2.05) is 0 Å². The molecule has 0 radical (unpaired) electrons. The van der Waals surface area contributed by atoms with Gasteiger partial charge >= 0.3 is 6.18 Å². The number of rotatable bonds is 2. The smallest absolute Gasteiger partial charge is 0.289 e. The minimum atomic E-state index is -4.58. The van der Waals surface area contributed by atoms with Gasteiger partial charge in [-0.15, -0.1) is 0 Å². The van der Waals surface area contributed by atoms with Crippen LogP contribution in [0.5, 0.6) is 0 Å². The van der Waals surface area contributed by atoms with Crippen molar-refractivity contribution in [1.29, 1.82) is 0 Å². The normalized spacial score (nSPS) is 11.6. The molecule has 3 rings (SSSR count). The molecule has 0 spiro atoms. The van der Waals surface area contributed by atoms with Gasteiger partial charge in [-0.1, -0.05) is 42.5 Å². The van der Waals surface area contributed by atoms with Crippen LogP contribution < -0.4 is 0 Å². The van der Waals surface area contributed by atoms with Gasteiger partial charge in [0.15, 0.2) is 5.78 Å². The number of alkyl halides is 3. The van der Waals surface area contributed by atoms with Crippen LogP contribution in [0.3, 0.4) is 0 Å². The Bertz CT molecular complexity index is 850. The Labute approximate surface area is 124 Å². The third-order valence-electron chi connectivity index (χ3n) is 3.39. The van der Waals surface area contributed by atoms with E-state index in [1.165, 1.54) is 24.4 Å². The van der Waals surface area contributed by atoms with Gasteiger partial charge in [0.05, 0.1) is 5.56 Å². The van der Waals surface area contributed by atoms with E-state index in [0.29, 0.717) is 10.8 Å². The zero-order valence-electron chi connectivity index (χ0n) is 11.3. The lowest BCUT2D eigenvalue weighted by molar-refractivity contribution is -0.137. The summed E-state index contributed by atoms with van der Waals surface area (Å²) in [5.41, 5.74) is -1.14. The summed E-state index contributed by atoms with van der Waals surface area (Å²) in [5, 5.41) is 1.29. The summed E-state index contributed by atoms with van der Waals surface area (Å²) in [5.74, 6) is -0.683. The van der Waals surface area contributed by atoms with Crippen molar-refractivity contribution < 1.29 is 18.0 Å². The first kappa shape index (κ1) is 14.3. The molecule has 1 heterocycles. The summed E-state index contributed by atoms with van der Waals surface area (Å²) in [6.07, 6.45) is -1.70. The average Bonchev–Trinajstić information content (AvgIpc) is 2.53. The molecular formula is C17H10F3NO. The van der Waals surface area contributed by atoms with E-state index in [0.717, 1.165) is 6.07 Å². The number of carbonyl (C=O) groups excluding carboxylic acids is 1. The molecule has 0 aliphatic heterocycles. The van der Waals surface area contributed by atoms with Crippen molar-refractivity contribution >= 4 is 16.6 Å². The minimum absolute atomic E-state index is 0.162. The quantitative estimate of drug-likeness (QED) is 0.653. The van der Waals surface area contributed by atoms with Crippen molar-refractivity contribution in [3.63, 3.8) is 0 Å². The Morgan fingerprint density at radius 2 is 1.55 bits per heavy atom. The Kier molecular flexibility index (Phi) is 3.41. The second-order valence-corrected chi connectivity index (χ2v) is 4.78. The highest BCUT2D eigenvalue weighted by molar-refractivity contribution is 6.16. The molecule has 2 nitrogen and oxygen atoms in total. The number of fused-ring (bicyclic) bond motifs is 1. The zero-order chi connectivity index (χ0) is 15.7. The number of hydrogen-bond donors (Lipinski definition) is 0. The van der Waals surface area contributed by atoms with Gasteiger partial charge in [-0.25, -0.2) is 0 Å². The highest BCUT2D eigenvalue weighted by atomic mass is 19.4. The molecule has 110 valence electrons. The van der Waals surface area contributed by atoms with Crippen molar-refractivity contribution in [2.45, 2.75) is 6.18 Å². The Balaban J connectivity index is 2.20. The topological polar surface area (TPSA) is 30.0 Å². The number of halogens is 3. The highest BCUT2D eigenvalue weighted by Gasteiger charge is 2.35. The third kappa shape index (κ3) is 2.45. The number of hydrogen-bond acceptors (Lipinski definition) is 2. The van der Waals surface area contributed by atoms with E-state index in [4.69, 9.17) is 0 Å². The van der Waals surface area contributed by atoms with Gasteiger partial charge in [-0.2, -0.15) is 13.2 Å². The van der Waals surface area contributed by atoms with Crippen molar-refractivity contribution in [2.24, 2.45) is 0 Å². The highest BCUT2D eigenvalue weighted by Crippen LogP contribution is 2.33. The molecule has 0 bridgehead atoms. The second-order valence-electron chi connectivity index (χ2n) is 4.78. The predicted molar refractivity (Wildman–Crippen MR) is 76.6 cm³/mol. The third-order valence-corrected chi connectivity index (χ3v) is 3.39. The summed E-state index contributed by atoms with van der Waals surface area (Å²) in [6.45, 7) is 0. The first-order valence-electron chi connectivity index (χ1n) is 6.52. The standard InChI is InChI=1S/C17H10F3NO/c18-17(19,20)15-8-4-3-7-13(15)16(22)14-10-21-9-11-5-1-2-6-12(11)14/h1-10H. The first-order chi connectivity index (χ1) is 10.5. The molecule has 1 aromatic heterocycles. The Morgan fingerprint density at radius 1 is 0.864 bits per heavy atom. The lowest BCUT2D eigenvalue weighted by Gasteiger charge is -2.12. The van der Waals surface area contributed by atoms with Gasteiger partial charge in [0.25, 0.3) is 0 Å². The van der Waals surface area contributed by atoms with E-state index >= 15 is 0 Å². The van der Waals surface area contributed by atoms with E-state index in [-0.39, 0.29) is 11.1 Å². The summed E-state index contributed by atoms with van der Waals surface area (Å²) < 4.78 is 39.2. The molecule has 0 saturated heterocycles. The molecule has 0 saturated carbocycles. The molecule has 0 aliphatic carbocycles. The Hall–Kier alpha value is -2.69. The zero-order valence-corrected chi connectivity index (χ0v) is 11.3. The van der Waals surface area contributed by atoms with Crippen LogP contribution in [-0.4, -0.2) is 10.8 Å². The van der Waals surface area contributed by atoms with Crippen molar-refractivity contribution in [3.8, 4) is 0 Å². The summed E-state index contributed by atoms with van der Waals surface area (Å²) in [6, 6.07) is 11.7. The lowest BCUT2D eigenvalue weighted by Crippen LogP contribution is -2.14. The molecule has 0 unspecified atom stereocenters. The maximum Gasteiger partial charge on any atom is 0.417 e. The molecular weight excluding hydrogens is 291 g/mol. The molecule has 0 aliphatic rings. The lowest BCUT2D eigenvalue weighted by atomic mass is 9.96. The largest absolute Gasteiger partial charge is 0.417 e. The van der Waals surface area contributed by atoms with E-state index in [2.05, 4.69) is 4.98 Å². The maximum atomic E-state index is 13.1. The van der Waals surface area contributed by atoms with Gasteiger partial charge in [0, 0.05) is 28.9 Å². The Morgan fingerprint density at radius 3 is 2.32 bits per heavy atom. The van der Waals surface area contributed by atoms with Crippen LogP contribution in [-0.2, 0) is 6.18 Å². The molecule has 22 heavy (non-hydrogen) atoms. The number of ketones is 1. The summed E-state index contributed by atoms with van der Waals surface area (Å²) >= 11 is 0. The van der Waals surface area contributed by atoms with Crippen LogP contribution in [0.25, 0.3) is 10.8 Å². The molecule has 3 aromatic rings. The maximum absolute atomic E-state index is 13.1. The van der Waals surface area contributed by atoms with Crippen LogP contribution in [0.1, 0.15) is 21.5 Å². The summed E-state index contributed by atoms with van der Waals surface area (Å²) in [7, 11) is 0. The first-order valence-corrected chi connectivity index (χ1v) is 6.52. The fourth-order valence-corrected chi connectivity index (χ4v) is 2.37. The van der Waals surface area contributed by atoms with Gasteiger partial charge in [-0.05, 0) is 11.5 Å². The average molecular weight is 301 g/mol. The van der Waals surface area contributed by atoms with Crippen LogP contribution in [0, 0.1) is 0 Å². The fourth-order valence-electron chi connectivity index (χ4n) is 2.37. The number of aromatic nitrogens is 1. The molecule has 0 N–H and O–H groups in total. The van der Waals surface area contributed by atoms with Crippen LogP contribution in [0.15, 0.2) is 60.9 Å². The second kappa shape index (κ2) is 5.26. The number of nitrogens with zero attached hydrogens (tertiary/aromatic N) is 1. The van der Waals surface area contributed by atoms with Gasteiger partial charge < -0.3 is 0 Å². The molecule has 0 atom stereocenters. The molecule has 0 amide bonds. The van der Waals surface area contributed by atoms with Crippen LogP contribution in [0.2, 0.25) is 0 Å². The van der Waals surface area contributed by atoms with E-state index < -0.39 is 17.5 Å². The fraction of sp³-hybridized carbons (Fsp3) is 0.0588. The molecule has 0 fully saturated rings. The minimum Gasteiger partial charge on any atom is -0.289 e. The van der Waals surface area contributed by atoms with Crippen molar-refractivity contribution in [3.05, 3.63) is 77.6 Å². The van der Waals surface area contributed by atoms with Crippen molar-refractivity contribution in [2.75, 3.05) is 0 Å². The molecule has 5 heteroatoms. The summed E-state index contributed by atoms with van der Waals surface area (Å²) in [4.78, 5) is 16.5. The van der Waals surface area contributed by atoms with E-state index in [9.17, 15) is 18.0 Å². The number of pyridine rings is 1. The van der Waals surface area contributed by atoms with Gasteiger partial charge in [-0.3, -0.25) is 9.78 Å². The van der Waals surface area contributed by atoms with Gasteiger partial charge in [0.1, 0.15) is 0 Å². The van der Waals surface area contributed by atoms with Crippen LogP contribution in [0.4, 0.5) is 13.2 Å². The number of benzene rings is 2.